The molecule has 0 atom stereocenters. The van der Waals surface area contributed by atoms with E-state index in [2.05, 4.69) is 21.7 Å². The van der Waals surface area contributed by atoms with Crippen LogP contribution < -0.4 is 4.74 Å². The number of hydrogen-bond acceptors (Lipinski definition) is 2. The van der Waals surface area contributed by atoms with Crippen LogP contribution in [0.15, 0.2) is 54.9 Å². The normalized spacial score (nSPS) is 12.6. The van der Waals surface area contributed by atoms with Gasteiger partial charge in [0.05, 0.1) is 5.69 Å². The first kappa shape index (κ1) is 13.4. The molecule has 0 radical (unpaired) electrons. The van der Waals surface area contributed by atoms with E-state index in [0.717, 1.165) is 35.0 Å². The fourth-order valence-electron chi connectivity index (χ4n) is 2.87. The molecule has 110 valence electrons. The third kappa shape index (κ3) is 2.48. The van der Waals surface area contributed by atoms with E-state index in [0.29, 0.717) is 6.61 Å². The van der Waals surface area contributed by atoms with E-state index in [1.165, 1.54) is 11.3 Å². The Balaban J connectivity index is 1.55. The number of nitrogens with zero attached hydrogens (tertiary/aromatic N) is 2. The maximum atomic E-state index is 5.99. The smallest absolute Gasteiger partial charge is 0.120 e. The summed E-state index contributed by atoms with van der Waals surface area (Å²) in [6.45, 7) is 0.523. The Morgan fingerprint density at radius 2 is 2.09 bits per heavy atom. The van der Waals surface area contributed by atoms with E-state index < -0.39 is 0 Å². The number of hydrogen-bond donors (Lipinski definition) is 0. The van der Waals surface area contributed by atoms with Gasteiger partial charge in [0.1, 0.15) is 18.2 Å². The zero-order valence-electron chi connectivity index (χ0n) is 12.0. The minimum absolute atomic E-state index is 0.523. The standard InChI is InChI=1S/C18H15ClN2O/c19-15-3-1-2-13(10-15)12-22-16-5-6-17-14(11-16)4-7-18-20-8-9-21(17)18/h1-3,5-6,8-11H,4,7,12H2. The van der Waals surface area contributed by atoms with Gasteiger partial charge < -0.3 is 9.30 Å². The lowest BCUT2D eigenvalue weighted by Gasteiger charge is -2.19. The number of imidazole rings is 1. The molecule has 2 aromatic carbocycles. The van der Waals surface area contributed by atoms with Gasteiger partial charge in [-0.15, -0.1) is 0 Å². The van der Waals surface area contributed by atoms with Crippen molar-refractivity contribution in [2.45, 2.75) is 19.4 Å². The molecule has 0 amide bonds. The SMILES string of the molecule is Clc1cccc(COc2ccc3c(c2)CCc2nccn2-3)c1. The lowest BCUT2D eigenvalue weighted by atomic mass is 10.0. The van der Waals surface area contributed by atoms with Gasteiger partial charge in [-0.2, -0.15) is 0 Å². The van der Waals surface area contributed by atoms with Crippen molar-refractivity contribution in [2.75, 3.05) is 0 Å². The molecular weight excluding hydrogens is 296 g/mol. The fraction of sp³-hybridized carbons (Fsp3) is 0.167. The zero-order chi connectivity index (χ0) is 14.9. The van der Waals surface area contributed by atoms with Gasteiger partial charge in [-0.25, -0.2) is 4.98 Å². The number of benzene rings is 2. The number of aryl methyl sites for hydroxylation is 2. The first-order valence-electron chi connectivity index (χ1n) is 7.32. The van der Waals surface area contributed by atoms with Crippen LogP contribution in [0.4, 0.5) is 0 Å². The first-order valence-corrected chi connectivity index (χ1v) is 7.70. The minimum atomic E-state index is 0.523. The summed E-state index contributed by atoms with van der Waals surface area (Å²) in [6, 6.07) is 14.0. The molecule has 3 nitrogen and oxygen atoms in total. The molecule has 22 heavy (non-hydrogen) atoms. The van der Waals surface area contributed by atoms with Crippen LogP contribution in [0, 0.1) is 0 Å². The lowest BCUT2D eigenvalue weighted by molar-refractivity contribution is 0.306. The van der Waals surface area contributed by atoms with E-state index >= 15 is 0 Å². The van der Waals surface area contributed by atoms with Crippen molar-refractivity contribution in [1.82, 2.24) is 9.55 Å². The average Bonchev–Trinajstić information content (AvgIpc) is 3.01. The van der Waals surface area contributed by atoms with Crippen LogP contribution in [-0.2, 0) is 19.4 Å². The van der Waals surface area contributed by atoms with Gasteiger partial charge in [0, 0.05) is 23.8 Å². The molecule has 1 aliphatic rings. The quantitative estimate of drug-likeness (QED) is 0.725. The molecule has 3 aromatic rings. The second-order valence-corrected chi connectivity index (χ2v) is 5.86. The topological polar surface area (TPSA) is 27.1 Å². The van der Waals surface area contributed by atoms with Crippen molar-refractivity contribution < 1.29 is 4.74 Å². The second-order valence-electron chi connectivity index (χ2n) is 5.42. The summed E-state index contributed by atoms with van der Waals surface area (Å²) in [7, 11) is 0. The summed E-state index contributed by atoms with van der Waals surface area (Å²) in [4.78, 5) is 4.38. The van der Waals surface area contributed by atoms with Crippen LogP contribution in [0.3, 0.4) is 0 Å². The fourth-order valence-corrected chi connectivity index (χ4v) is 3.08. The maximum absolute atomic E-state index is 5.99. The number of halogens is 1. The average molecular weight is 311 g/mol. The van der Waals surface area contributed by atoms with Gasteiger partial charge in [-0.3, -0.25) is 0 Å². The summed E-state index contributed by atoms with van der Waals surface area (Å²) in [5.74, 6) is 2.02. The second kappa shape index (κ2) is 5.50. The predicted octanol–water partition coefficient (Wildman–Crippen LogP) is 4.20. The van der Waals surface area contributed by atoms with Crippen molar-refractivity contribution in [2.24, 2.45) is 0 Å². The number of fused-ring (bicyclic) bond motifs is 3. The molecule has 0 fully saturated rings. The third-order valence-electron chi connectivity index (χ3n) is 3.94. The Kier molecular flexibility index (Phi) is 3.35. The number of ether oxygens (including phenoxy) is 1. The molecule has 1 aliphatic heterocycles. The summed E-state index contributed by atoms with van der Waals surface area (Å²) in [5.41, 5.74) is 3.57. The predicted molar refractivity (Wildman–Crippen MR) is 86.8 cm³/mol. The van der Waals surface area contributed by atoms with Crippen LogP contribution >= 0.6 is 11.6 Å². The minimum Gasteiger partial charge on any atom is -0.489 e. The van der Waals surface area contributed by atoms with Gasteiger partial charge in [-0.1, -0.05) is 23.7 Å². The molecule has 4 heteroatoms. The Labute approximate surface area is 134 Å². The molecular formula is C18H15ClN2O. The summed E-state index contributed by atoms with van der Waals surface area (Å²) < 4.78 is 8.05. The molecule has 0 saturated heterocycles. The highest BCUT2D eigenvalue weighted by Gasteiger charge is 2.16. The number of aromatic nitrogens is 2. The van der Waals surface area contributed by atoms with E-state index in [4.69, 9.17) is 16.3 Å². The Morgan fingerprint density at radius 1 is 1.14 bits per heavy atom. The summed E-state index contributed by atoms with van der Waals surface area (Å²) in [5, 5.41) is 0.735. The Hall–Kier alpha value is -2.26. The zero-order valence-corrected chi connectivity index (χ0v) is 12.8. The highest BCUT2D eigenvalue weighted by molar-refractivity contribution is 6.30. The van der Waals surface area contributed by atoms with Gasteiger partial charge in [0.25, 0.3) is 0 Å². The van der Waals surface area contributed by atoms with Crippen LogP contribution in [0.2, 0.25) is 5.02 Å². The molecule has 0 aliphatic carbocycles. The molecule has 0 unspecified atom stereocenters. The molecule has 0 N–H and O–H groups in total. The summed E-state index contributed by atoms with van der Waals surface area (Å²) in [6.07, 6.45) is 5.84. The van der Waals surface area contributed by atoms with Gasteiger partial charge in [-0.05, 0) is 47.9 Å². The molecule has 0 bridgehead atoms. The first-order chi connectivity index (χ1) is 10.8. The van der Waals surface area contributed by atoms with Crippen LogP contribution in [0.5, 0.6) is 5.75 Å². The van der Waals surface area contributed by atoms with Crippen LogP contribution in [0.25, 0.3) is 5.69 Å². The van der Waals surface area contributed by atoms with Crippen LogP contribution in [-0.4, -0.2) is 9.55 Å². The lowest BCUT2D eigenvalue weighted by Crippen LogP contribution is -2.11. The highest BCUT2D eigenvalue weighted by atomic mass is 35.5. The Bertz CT molecular complexity index is 825. The van der Waals surface area contributed by atoms with Crippen molar-refractivity contribution in [3.05, 3.63) is 76.8 Å². The third-order valence-corrected chi connectivity index (χ3v) is 4.18. The van der Waals surface area contributed by atoms with Gasteiger partial charge in [0.15, 0.2) is 0 Å². The molecule has 4 rings (SSSR count). The van der Waals surface area contributed by atoms with Crippen molar-refractivity contribution >= 4 is 11.6 Å². The summed E-state index contributed by atoms with van der Waals surface area (Å²) >= 11 is 5.99. The van der Waals surface area contributed by atoms with Crippen LogP contribution in [0.1, 0.15) is 17.0 Å². The maximum Gasteiger partial charge on any atom is 0.120 e. The largest absolute Gasteiger partial charge is 0.489 e. The van der Waals surface area contributed by atoms with Gasteiger partial charge >= 0.3 is 0 Å². The van der Waals surface area contributed by atoms with Crippen molar-refractivity contribution in [3.63, 3.8) is 0 Å². The van der Waals surface area contributed by atoms with E-state index in [1.54, 1.807) is 0 Å². The van der Waals surface area contributed by atoms with E-state index in [-0.39, 0.29) is 0 Å². The molecule has 1 aromatic heterocycles. The van der Waals surface area contributed by atoms with E-state index in [1.807, 2.05) is 42.7 Å². The van der Waals surface area contributed by atoms with E-state index in [9.17, 15) is 0 Å². The molecule has 0 spiro atoms. The van der Waals surface area contributed by atoms with Crippen molar-refractivity contribution in [3.8, 4) is 11.4 Å². The molecule has 2 heterocycles. The van der Waals surface area contributed by atoms with Gasteiger partial charge in [0.2, 0.25) is 0 Å². The monoisotopic (exact) mass is 310 g/mol. The number of rotatable bonds is 3. The van der Waals surface area contributed by atoms with Crippen molar-refractivity contribution in [1.29, 1.82) is 0 Å². The Morgan fingerprint density at radius 3 is 3.00 bits per heavy atom. The highest BCUT2D eigenvalue weighted by Crippen LogP contribution is 2.28. The molecule has 0 saturated carbocycles.